The van der Waals surface area contributed by atoms with Crippen LogP contribution in [0.25, 0.3) is 0 Å². The van der Waals surface area contributed by atoms with Crippen molar-refractivity contribution in [3.8, 4) is 0 Å². The van der Waals surface area contributed by atoms with Crippen LogP contribution < -0.4 is 0 Å². The Hall–Kier alpha value is -1.35. The Morgan fingerprint density at radius 1 is 1.33 bits per heavy atom. The van der Waals surface area contributed by atoms with E-state index in [1.165, 1.54) is 0 Å². The molecule has 3 nitrogen and oxygen atoms in total. The average molecular weight is 250 g/mol. The van der Waals surface area contributed by atoms with Crippen LogP contribution in [0.1, 0.15) is 27.2 Å². The first-order valence-electron chi connectivity index (χ1n) is 6.06. The van der Waals surface area contributed by atoms with E-state index in [2.05, 4.69) is 19.7 Å². The van der Waals surface area contributed by atoms with Gasteiger partial charge in [-0.05, 0) is 0 Å². The monoisotopic (exact) mass is 250 g/mol. The van der Waals surface area contributed by atoms with Gasteiger partial charge in [0.25, 0.3) is 0 Å². The summed E-state index contributed by atoms with van der Waals surface area (Å²) in [6.07, 6.45) is 4.78. The molecule has 2 atom stereocenters. The molecule has 0 aromatic carbocycles. The first kappa shape index (κ1) is 14.7. The van der Waals surface area contributed by atoms with Gasteiger partial charge in [-0.25, -0.2) is 4.79 Å². The number of ether oxygens (including phenoxy) is 2. The third-order valence-corrected chi connectivity index (χ3v) is 3.08. The zero-order valence-corrected chi connectivity index (χ0v) is 11.4. The number of hydrogen-bond donors (Lipinski definition) is 0. The second-order valence-corrected chi connectivity index (χ2v) is 5.60. The largest absolute Gasteiger partial charge is 0.433 e. The van der Waals surface area contributed by atoms with Gasteiger partial charge in [-0.1, -0.05) is 39.0 Å². The standard InChI is InChI=1S/C15H22O3/c1-7-10-15(11(8-2)9-3)12(16)17-13(18-15)14(4,5)6/h7-9,11,13H,1-3,10H2,4-6H3/t13-,15-/m1/s1. The van der Waals surface area contributed by atoms with Gasteiger partial charge in [-0.15, -0.1) is 19.7 Å². The molecule has 0 amide bonds. The fraction of sp³-hybridized carbons (Fsp3) is 0.533. The van der Waals surface area contributed by atoms with E-state index < -0.39 is 11.9 Å². The lowest BCUT2D eigenvalue weighted by atomic mass is 9.84. The summed E-state index contributed by atoms with van der Waals surface area (Å²) in [6, 6.07) is 0. The predicted molar refractivity (Wildman–Crippen MR) is 71.8 cm³/mol. The molecule has 0 N–H and O–H groups in total. The molecule has 0 unspecified atom stereocenters. The van der Waals surface area contributed by atoms with E-state index in [0.717, 1.165) is 0 Å². The molecule has 0 saturated carbocycles. The van der Waals surface area contributed by atoms with E-state index >= 15 is 0 Å². The number of carbonyl (C=O) groups is 1. The maximum Gasteiger partial charge on any atom is 0.342 e. The van der Waals surface area contributed by atoms with Crippen LogP contribution in [0.2, 0.25) is 0 Å². The third kappa shape index (κ3) is 2.41. The van der Waals surface area contributed by atoms with Crippen molar-refractivity contribution in [2.24, 2.45) is 11.3 Å². The summed E-state index contributed by atoms with van der Waals surface area (Å²) in [5.74, 6) is -0.664. The Morgan fingerprint density at radius 3 is 2.22 bits per heavy atom. The molecule has 1 saturated heterocycles. The summed E-state index contributed by atoms with van der Waals surface area (Å²) in [7, 11) is 0. The summed E-state index contributed by atoms with van der Waals surface area (Å²) in [5.41, 5.74) is -1.34. The van der Waals surface area contributed by atoms with Crippen molar-refractivity contribution >= 4 is 5.97 Å². The molecule has 1 heterocycles. The van der Waals surface area contributed by atoms with Crippen LogP contribution in [0.15, 0.2) is 38.0 Å². The van der Waals surface area contributed by atoms with Crippen molar-refractivity contribution in [3.63, 3.8) is 0 Å². The van der Waals surface area contributed by atoms with Gasteiger partial charge in [0, 0.05) is 17.8 Å². The summed E-state index contributed by atoms with van der Waals surface area (Å²) in [4.78, 5) is 12.2. The highest BCUT2D eigenvalue weighted by atomic mass is 16.8. The topological polar surface area (TPSA) is 35.5 Å². The molecule has 3 heteroatoms. The molecule has 0 aliphatic carbocycles. The minimum absolute atomic E-state index is 0.272. The molecule has 1 rings (SSSR count). The van der Waals surface area contributed by atoms with Crippen molar-refractivity contribution in [3.05, 3.63) is 38.0 Å². The van der Waals surface area contributed by atoms with E-state index in [4.69, 9.17) is 9.47 Å². The van der Waals surface area contributed by atoms with E-state index in [-0.39, 0.29) is 17.3 Å². The molecule has 0 bridgehead atoms. The highest BCUT2D eigenvalue weighted by Gasteiger charge is 2.55. The lowest BCUT2D eigenvalue weighted by Gasteiger charge is -2.30. The highest BCUT2D eigenvalue weighted by molar-refractivity contribution is 5.82. The quantitative estimate of drug-likeness (QED) is 0.555. The van der Waals surface area contributed by atoms with Crippen LogP contribution in [0.3, 0.4) is 0 Å². The fourth-order valence-electron chi connectivity index (χ4n) is 1.99. The second kappa shape index (κ2) is 5.11. The third-order valence-electron chi connectivity index (χ3n) is 3.08. The van der Waals surface area contributed by atoms with Gasteiger partial charge in [-0.3, -0.25) is 0 Å². The van der Waals surface area contributed by atoms with E-state index in [1.54, 1.807) is 18.2 Å². The number of carbonyl (C=O) groups excluding carboxylic acids is 1. The molecule has 1 fully saturated rings. The summed E-state index contributed by atoms with van der Waals surface area (Å²) in [5, 5.41) is 0. The molecule has 0 aromatic rings. The minimum atomic E-state index is -1.07. The van der Waals surface area contributed by atoms with E-state index in [9.17, 15) is 4.79 Å². The average Bonchev–Trinajstić information content (AvgIpc) is 2.59. The van der Waals surface area contributed by atoms with Gasteiger partial charge in [0.15, 0.2) is 5.60 Å². The maximum absolute atomic E-state index is 12.2. The summed E-state index contributed by atoms with van der Waals surface area (Å²) < 4.78 is 11.3. The van der Waals surface area contributed by atoms with Gasteiger partial charge in [0.1, 0.15) is 0 Å². The Bertz CT molecular complexity index is 356. The number of hydrogen-bond acceptors (Lipinski definition) is 3. The lowest BCUT2D eigenvalue weighted by molar-refractivity contribution is -0.156. The smallest absolute Gasteiger partial charge is 0.342 e. The first-order chi connectivity index (χ1) is 8.31. The van der Waals surface area contributed by atoms with E-state index in [0.29, 0.717) is 6.42 Å². The minimum Gasteiger partial charge on any atom is -0.433 e. The Morgan fingerprint density at radius 2 is 1.89 bits per heavy atom. The molecule has 1 aliphatic rings. The zero-order chi connectivity index (χ0) is 14.0. The molecule has 1 aliphatic heterocycles. The Balaban J connectivity index is 3.13. The van der Waals surface area contributed by atoms with Gasteiger partial charge < -0.3 is 9.47 Å². The fourth-order valence-corrected chi connectivity index (χ4v) is 1.99. The van der Waals surface area contributed by atoms with Gasteiger partial charge in [0.2, 0.25) is 6.29 Å². The normalized spacial score (nSPS) is 28.0. The molecule has 0 spiro atoms. The molecule has 0 aromatic heterocycles. The van der Waals surface area contributed by atoms with Crippen LogP contribution in [0.5, 0.6) is 0 Å². The van der Waals surface area contributed by atoms with Crippen LogP contribution in [0, 0.1) is 11.3 Å². The number of esters is 1. The van der Waals surface area contributed by atoms with Crippen LogP contribution in [-0.4, -0.2) is 17.9 Å². The predicted octanol–water partition coefficient (Wildman–Crippen LogP) is 3.24. The van der Waals surface area contributed by atoms with Crippen molar-refractivity contribution in [2.45, 2.75) is 39.1 Å². The SMILES string of the molecule is C=CC[C@]1(C(C=C)C=C)O[C@H](C(C)(C)C)OC1=O. The Labute approximate surface area is 109 Å². The van der Waals surface area contributed by atoms with Crippen LogP contribution in [-0.2, 0) is 14.3 Å². The maximum atomic E-state index is 12.2. The Kier molecular flexibility index (Phi) is 4.17. The van der Waals surface area contributed by atoms with Crippen molar-refractivity contribution in [2.75, 3.05) is 0 Å². The lowest BCUT2D eigenvalue weighted by Crippen LogP contribution is -2.43. The van der Waals surface area contributed by atoms with Crippen molar-refractivity contribution < 1.29 is 14.3 Å². The molecular formula is C15H22O3. The number of cyclic esters (lactones) is 1. The second-order valence-electron chi connectivity index (χ2n) is 5.60. The molecule has 18 heavy (non-hydrogen) atoms. The van der Waals surface area contributed by atoms with Crippen molar-refractivity contribution in [1.82, 2.24) is 0 Å². The van der Waals surface area contributed by atoms with Crippen molar-refractivity contribution in [1.29, 1.82) is 0 Å². The van der Waals surface area contributed by atoms with Gasteiger partial charge in [-0.2, -0.15) is 0 Å². The zero-order valence-electron chi connectivity index (χ0n) is 11.4. The summed E-state index contributed by atoms with van der Waals surface area (Å²) in [6.45, 7) is 17.0. The van der Waals surface area contributed by atoms with E-state index in [1.807, 2.05) is 20.8 Å². The van der Waals surface area contributed by atoms with Gasteiger partial charge in [0.05, 0.1) is 0 Å². The van der Waals surface area contributed by atoms with Crippen LogP contribution in [0.4, 0.5) is 0 Å². The van der Waals surface area contributed by atoms with Crippen LogP contribution >= 0.6 is 0 Å². The molecule has 100 valence electrons. The summed E-state index contributed by atoms with van der Waals surface area (Å²) >= 11 is 0. The molecular weight excluding hydrogens is 228 g/mol. The number of rotatable bonds is 5. The first-order valence-corrected chi connectivity index (χ1v) is 6.06. The van der Waals surface area contributed by atoms with Gasteiger partial charge >= 0.3 is 5.97 Å². The highest BCUT2D eigenvalue weighted by Crippen LogP contribution is 2.41. The molecule has 0 radical (unpaired) electrons.